The molecule has 21 heavy (non-hydrogen) atoms. The van der Waals surface area contributed by atoms with Gasteiger partial charge in [-0.15, -0.1) is 0 Å². The third kappa shape index (κ3) is 7.35. The van der Waals surface area contributed by atoms with Gasteiger partial charge in [-0.25, -0.2) is 4.79 Å². The van der Waals surface area contributed by atoms with E-state index >= 15 is 0 Å². The van der Waals surface area contributed by atoms with Gasteiger partial charge in [0.25, 0.3) is 0 Å². The number of unbranched alkanes of at least 4 members (excludes halogenated alkanes) is 1. The number of esters is 1. The predicted molar refractivity (Wildman–Crippen MR) is 85.6 cm³/mol. The number of hydrogen-bond acceptors (Lipinski definition) is 3. The van der Waals surface area contributed by atoms with Gasteiger partial charge in [-0.1, -0.05) is 55.8 Å². The van der Waals surface area contributed by atoms with Gasteiger partial charge in [0.15, 0.2) is 0 Å². The smallest absolute Gasteiger partial charge is 0.373 e. The van der Waals surface area contributed by atoms with E-state index in [2.05, 4.69) is 6.92 Å². The molecule has 0 aliphatic rings. The molecule has 0 heterocycles. The lowest BCUT2D eigenvalue weighted by atomic mass is 10.2. The lowest BCUT2D eigenvalue weighted by Gasteiger charge is -2.11. The van der Waals surface area contributed by atoms with Crippen LogP contribution in [0.15, 0.2) is 48.2 Å². The Bertz CT molecular complexity index is 472. The molecular formula is C18H24O3. The molecule has 0 saturated carbocycles. The average Bonchev–Trinajstić information content (AvgIpc) is 2.46. The highest BCUT2D eigenvalue weighted by Gasteiger charge is 2.14. The highest BCUT2D eigenvalue weighted by molar-refractivity contribution is 5.91. The third-order valence-electron chi connectivity index (χ3n) is 2.60. The topological polar surface area (TPSA) is 35.5 Å². The van der Waals surface area contributed by atoms with Crippen LogP contribution in [0, 0.1) is 0 Å². The number of allylic oxidation sites excluding steroid dienone is 1. The summed E-state index contributed by atoms with van der Waals surface area (Å²) in [6.45, 7) is 6.12. The maximum Gasteiger partial charge on any atom is 0.373 e. The normalized spacial score (nSPS) is 11.9. The summed E-state index contributed by atoms with van der Waals surface area (Å²) in [6, 6.07) is 9.59. The maximum absolute atomic E-state index is 12.0. The molecule has 0 unspecified atom stereocenters. The largest absolute Gasteiger partial charge is 0.482 e. The highest BCUT2D eigenvalue weighted by Crippen LogP contribution is 2.11. The van der Waals surface area contributed by atoms with Gasteiger partial charge in [0.05, 0.1) is 6.10 Å². The summed E-state index contributed by atoms with van der Waals surface area (Å²) in [5.74, 6) is -0.200. The quantitative estimate of drug-likeness (QED) is 0.309. The highest BCUT2D eigenvalue weighted by atomic mass is 16.6. The number of benzene rings is 1. The molecule has 3 nitrogen and oxygen atoms in total. The lowest BCUT2D eigenvalue weighted by molar-refractivity contribution is -0.146. The van der Waals surface area contributed by atoms with E-state index in [-0.39, 0.29) is 11.9 Å². The molecule has 0 bridgehead atoms. The van der Waals surface area contributed by atoms with Crippen molar-refractivity contribution in [1.29, 1.82) is 0 Å². The molecule has 0 aliphatic carbocycles. The summed E-state index contributed by atoms with van der Waals surface area (Å²) < 4.78 is 10.8. The first-order valence-corrected chi connectivity index (χ1v) is 7.39. The van der Waals surface area contributed by atoms with Crippen molar-refractivity contribution in [3.05, 3.63) is 53.8 Å². The standard InChI is InChI=1S/C18H24O3/c1-4-5-6-10-13-20-17(18(19)21-15(2)3)14-16-11-8-7-9-12-16/h6-12,14-15H,4-5,13H2,1-3H3/b10-6+,17-14-. The van der Waals surface area contributed by atoms with Gasteiger partial charge in [-0.3, -0.25) is 0 Å². The second kappa shape index (κ2) is 9.81. The van der Waals surface area contributed by atoms with Gasteiger partial charge in [-0.05, 0) is 31.9 Å². The molecule has 0 atom stereocenters. The zero-order valence-electron chi connectivity index (χ0n) is 13.0. The van der Waals surface area contributed by atoms with Crippen LogP contribution < -0.4 is 0 Å². The van der Waals surface area contributed by atoms with Crippen LogP contribution in [-0.4, -0.2) is 18.7 Å². The second-order valence-corrected chi connectivity index (χ2v) is 4.94. The Hall–Kier alpha value is -2.03. The Kier molecular flexibility index (Phi) is 7.95. The molecule has 0 amide bonds. The first-order chi connectivity index (χ1) is 10.1. The van der Waals surface area contributed by atoms with Crippen molar-refractivity contribution in [3.8, 4) is 0 Å². The summed E-state index contributed by atoms with van der Waals surface area (Å²) in [7, 11) is 0. The van der Waals surface area contributed by atoms with Crippen LogP contribution in [-0.2, 0) is 14.3 Å². The Morgan fingerprint density at radius 2 is 1.90 bits per heavy atom. The molecule has 0 spiro atoms. The molecule has 0 aromatic heterocycles. The second-order valence-electron chi connectivity index (χ2n) is 4.94. The predicted octanol–water partition coefficient (Wildman–Crippen LogP) is 4.35. The van der Waals surface area contributed by atoms with E-state index in [0.29, 0.717) is 6.61 Å². The fourth-order valence-corrected chi connectivity index (χ4v) is 1.62. The molecule has 0 fully saturated rings. The van der Waals surface area contributed by atoms with Gasteiger partial charge in [-0.2, -0.15) is 0 Å². The molecule has 1 aromatic carbocycles. The molecule has 3 heteroatoms. The zero-order chi connectivity index (χ0) is 15.5. The fraction of sp³-hybridized carbons (Fsp3) is 0.389. The summed E-state index contributed by atoms with van der Waals surface area (Å²) >= 11 is 0. The molecule has 1 rings (SSSR count). The molecule has 1 aromatic rings. The van der Waals surface area contributed by atoms with E-state index in [4.69, 9.17) is 9.47 Å². The third-order valence-corrected chi connectivity index (χ3v) is 2.60. The Morgan fingerprint density at radius 3 is 2.52 bits per heavy atom. The van der Waals surface area contributed by atoms with E-state index < -0.39 is 5.97 Å². The molecular weight excluding hydrogens is 264 g/mol. The monoisotopic (exact) mass is 288 g/mol. The summed E-state index contributed by atoms with van der Waals surface area (Å²) in [6.07, 6.45) is 7.61. The first-order valence-electron chi connectivity index (χ1n) is 7.39. The van der Waals surface area contributed by atoms with Crippen LogP contribution in [0.3, 0.4) is 0 Å². The van der Waals surface area contributed by atoms with Crippen LogP contribution in [0.1, 0.15) is 39.2 Å². The van der Waals surface area contributed by atoms with Crippen LogP contribution in [0.5, 0.6) is 0 Å². The van der Waals surface area contributed by atoms with Crippen molar-refractivity contribution < 1.29 is 14.3 Å². The fourth-order valence-electron chi connectivity index (χ4n) is 1.62. The van der Waals surface area contributed by atoms with Crippen LogP contribution in [0.25, 0.3) is 6.08 Å². The van der Waals surface area contributed by atoms with E-state index in [1.165, 1.54) is 0 Å². The average molecular weight is 288 g/mol. The molecule has 0 radical (unpaired) electrons. The summed E-state index contributed by atoms with van der Waals surface area (Å²) in [4.78, 5) is 12.0. The Morgan fingerprint density at radius 1 is 1.19 bits per heavy atom. The van der Waals surface area contributed by atoms with Crippen molar-refractivity contribution in [3.63, 3.8) is 0 Å². The molecule has 0 N–H and O–H groups in total. The van der Waals surface area contributed by atoms with Gasteiger partial charge in [0.1, 0.15) is 6.61 Å². The molecule has 0 saturated heterocycles. The Balaban J connectivity index is 2.75. The van der Waals surface area contributed by atoms with E-state index in [1.54, 1.807) is 6.08 Å². The van der Waals surface area contributed by atoms with Gasteiger partial charge in [0, 0.05) is 0 Å². The summed E-state index contributed by atoms with van der Waals surface area (Å²) in [5.41, 5.74) is 0.908. The SMILES string of the molecule is CCC/C=C/CO/C(=C\c1ccccc1)C(=O)OC(C)C. The zero-order valence-corrected chi connectivity index (χ0v) is 13.0. The van der Waals surface area contributed by atoms with Crippen molar-refractivity contribution in [1.82, 2.24) is 0 Å². The summed E-state index contributed by atoms with van der Waals surface area (Å²) in [5, 5.41) is 0. The van der Waals surface area contributed by atoms with Crippen molar-refractivity contribution in [2.45, 2.75) is 39.7 Å². The minimum absolute atomic E-state index is 0.170. The first kappa shape index (κ1) is 17.0. The number of carbonyl (C=O) groups excluding carboxylic acids is 1. The van der Waals surface area contributed by atoms with Gasteiger partial charge >= 0.3 is 5.97 Å². The van der Waals surface area contributed by atoms with Crippen molar-refractivity contribution >= 4 is 12.0 Å². The number of rotatable bonds is 8. The maximum atomic E-state index is 12.0. The number of carbonyl (C=O) groups is 1. The van der Waals surface area contributed by atoms with E-state index in [1.807, 2.05) is 56.3 Å². The minimum atomic E-state index is -0.433. The van der Waals surface area contributed by atoms with Gasteiger partial charge in [0.2, 0.25) is 5.76 Å². The van der Waals surface area contributed by atoms with Crippen LogP contribution in [0.4, 0.5) is 0 Å². The van der Waals surface area contributed by atoms with Crippen LogP contribution in [0.2, 0.25) is 0 Å². The number of hydrogen-bond donors (Lipinski definition) is 0. The van der Waals surface area contributed by atoms with Gasteiger partial charge < -0.3 is 9.47 Å². The van der Waals surface area contributed by atoms with Crippen molar-refractivity contribution in [2.24, 2.45) is 0 Å². The van der Waals surface area contributed by atoms with Crippen molar-refractivity contribution in [2.75, 3.05) is 6.61 Å². The lowest BCUT2D eigenvalue weighted by Crippen LogP contribution is -2.15. The van der Waals surface area contributed by atoms with E-state index in [0.717, 1.165) is 18.4 Å². The van der Waals surface area contributed by atoms with E-state index in [9.17, 15) is 4.79 Å². The van der Waals surface area contributed by atoms with Crippen LogP contribution >= 0.6 is 0 Å². The number of ether oxygens (including phenoxy) is 2. The molecule has 0 aliphatic heterocycles. The minimum Gasteiger partial charge on any atom is -0.482 e. The Labute approximate surface area is 127 Å². The molecule has 114 valence electrons.